The first kappa shape index (κ1) is 9.67. The topological polar surface area (TPSA) is 69.1 Å². The van der Waals surface area contributed by atoms with E-state index in [4.69, 9.17) is 23.7 Å². The molecule has 68 valence electrons. The number of hydrogen-bond donors (Lipinski definition) is 2. The minimum absolute atomic E-state index is 0.404. The minimum Gasteiger partial charge on any atom is -0.393 e. The van der Waals surface area contributed by atoms with Crippen LogP contribution >= 0.6 is 12.2 Å². The first-order chi connectivity index (χ1) is 6.09. The molecule has 1 aromatic carbocycles. The number of primary amides is 1. The van der Waals surface area contributed by atoms with Crippen molar-refractivity contribution >= 4 is 23.1 Å². The van der Waals surface area contributed by atoms with Crippen molar-refractivity contribution in [2.45, 2.75) is 6.42 Å². The second kappa shape index (κ2) is 4.00. The average Bonchev–Trinajstić information content (AvgIpc) is 2.03. The molecule has 0 bridgehead atoms. The third-order valence-corrected chi connectivity index (χ3v) is 1.73. The summed E-state index contributed by atoms with van der Waals surface area (Å²) in [6, 6.07) is 6.96. The number of carbonyl (C=O) groups is 1. The number of amides is 1. The molecule has 0 unspecified atom stereocenters. The van der Waals surface area contributed by atoms with Gasteiger partial charge in [0.25, 0.3) is 0 Å². The van der Waals surface area contributed by atoms with E-state index in [1.165, 1.54) is 0 Å². The van der Waals surface area contributed by atoms with E-state index in [-0.39, 0.29) is 0 Å². The van der Waals surface area contributed by atoms with Gasteiger partial charge in [-0.1, -0.05) is 24.4 Å². The summed E-state index contributed by atoms with van der Waals surface area (Å²) in [4.78, 5) is 11.2. The molecule has 1 rings (SSSR count). The maximum atomic E-state index is 10.8. The lowest BCUT2D eigenvalue weighted by atomic mass is 10.1. The van der Waals surface area contributed by atoms with E-state index in [9.17, 15) is 4.79 Å². The molecular weight excluding hydrogens is 184 g/mol. The molecular formula is C9H10N2OS. The van der Waals surface area contributed by atoms with Gasteiger partial charge in [-0.05, 0) is 17.7 Å². The summed E-state index contributed by atoms with van der Waals surface area (Å²) < 4.78 is 0. The third-order valence-electron chi connectivity index (χ3n) is 1.59. The Morgan fingerprint density at radius 2 is 2.08 bits per heavy atom. The van der Waals surface area contributed by atoms with E-state index in [0.29, 0.717) is 17.0 Å². The highest BCUT2D eigenvalue weighted by Crippen LogP contribution is 2.05. The van der Waals surface area contributed by atoms with E-state index < -0.39 is 5.91 Å². The fraction of sp³-hybridized carbons (Fsp3) is 0.111. The molecule has 3 nitrogen and oxygen atoms in total. The van der Waals surface area contributed by atoms with Gasteiger partial charge in [0.05, 0.1) is 4.99 Å². The normalized spacial score (nSPS) is 9.54. The van der Waals surface area contributed by atoms with Gasteiger partial charge in [0.2, 0.25) is 5.91 Å². The van der Waals surface area contributed by atoms with Gasteiger partial charge in [-0.3, -0.25) is 4.79 Å². The molecule has 1 aromatic rings. The highest BCUT2D eigenvalue weighted by atomic mass is 32.1. The van der Waals surface area contributed by atoms with Crippen LogP contribution in [-0.4, -0.2) is 10.9 Å². The van der Waals surface area contributed by atoms with Gasteiger partial charge in [0, 0.05) is 12.0 Å². The van der Waals surface area contributed by atoms with E-state index in [2.05, 4.69) is 0 Å². The van der Waals surface area contributed by atoms with Gasteiger partial charge in [-0.15, -0.1) is 0 Å². The van der Waals surface area contributed by atoms with E-state index in [1.54, 1.807) is 18.2 Å². The smallest absolute Gasteiger partial charge is 0.248 e. The Morgan fingerprint density at radius 1 is 1.38 bits per heavy atom. The molecule has 13 heavy (non-hydrogen) atoms. The zero-order valence-corrected chi connectivity index (χ0v) is 7.80. The molecule has 1 amide bonds. The van der Waals surface area contributed by atoms with Crippen LogP contribution in [0.2, 0.25) is 0 Å². The highest BCUT2D eigenvalue weighted by Gasteiger charge is 2.01. The largest absolute Gasteiger partial charge is 0.393 e. The minimum atomic E-state index is -0.440. The summed E-state index contributed by atoms with van der Waals surface area (Å²) >= 11 is 4.75. The van der Waals surface area contributed by atoms with Crippen LogP contribution in [0.5, 0.6) is 0 Å². The van der Waals surface area contributed by atoms with E-state index >= 15 is 0 Å². The second-order valence-corrected chi connectivity index (χ2v) is 3.23. The van der Waals surface area contributed by atoms with Gasteiger partial charge in [-0.25, -0.2) is 0 Å². The van der Waals surface area contributed by atoms with Gasteiger partial charge >= 0.3 is 0 Å². The van der Waals surface area contributed by atoms with Gasteiger partial charge in [0.1, 0.15) is 0 Å². The molecule has 0 aliphatic heterocycles. The molecule has 0 aliphatic rings. The Bertz CT molecular complexity index is 349. The Balaban J connectivity index is 2.91. The maximum Gasteiger partial charge on any atom is 0.248 e. The molecule has 0 saturated carbocycles. The standard InChI is InChI=1S/C9H10N2OS/c10-8(13)5-6-2-1-3-7(4-6)9(11)12/h1-4H,5H2,(H2,10,13)(H2,11,12). The Hall–Kier alpha value is -1.42. The molecule has 0 atom stereocenters. The van der Waals surface area contributed by atoms with Crippen molar-refractivity contribution in [2.75, 3.05) is 0 Å². The zero-order valence-electron chi connectivity index (χ0n) is 6.99. The monoisotopic (exact) mass is 194 g/mol. The van der Waals surface area contributed by atoms with Crippen molar-refractivity contribution in [3.63, 3.8) is 0 Å². The molecule has 0 radical (unpaired) electrons. The predicted octanol–water partition coefficient (Wildman–Crippen LogP) is 0.614. The quantitative estimate of drug-likeness (QED) is 0.693. The summed E-state index contributed by atoms with van der Waals surface area (Å²) in [5.74, 6) is -0.440. The van der Waals surface area contributed by atoms with Crippen LogP contribution in [0.25, 0.3) is 0 Å². The van der Waals surface area contributed by atoms with Crippen LogP contribution in [0, 0.1) is 0 Å². The molecule has 4 heteroatoms. The first-order valence-corrected chi connectivity index (χ1v) is 4.17. The fourth-order valence-corrected chi connectivity index (χ4v) is 1.20. The Morgan fingerprint density at radius 3 is 2.62 bits per heavy atom. The Labute approximate surface area is 81.7 Å². The molecule has 4 N–H and O–H groups in total. The summed E-state index contributed by atoms with van der Waals surface area (Å²) in [5, 5.41) is 0. The van der Waals surface area contributed by atoms with Gasteiger partial charge in [-0.2, -0.15) is 0 Å². The Kier molecular flexibility index (Phi) is 2.97. The molecule has 0 fully saturated rings. The lowest BCUT2D eigenvalue weighted by Crippen LogP contribution is -2.13. The number of thiocarbonyl (C=S) groups is 1. The van der Waals surface area contributed by atoms with E-state index in [1.807, 2.05) is 6.07 Å². The van der Waals surface area contributed by atoms with Crippen LogP contribution < -0.4 is 11.5 Å². The van der Waals surface area contributed by atoms with Crippen molar-refractivity contribution in [1.29, 1.82) is 0 Å². The van der Waals surface area contributed by atoms with Crippen LogP contribution in [0.15, 0.2) is 24.3 Å². The summed E-state index contributed by atoms with van der Waals surface area (Å²) in [6.45, 7) is 0. The van der Waals surface area contributed by atoms with Crippen LogP contribution in [0.4, 0.5) is 0 Å². The van der Waals surface area contributed by atoms with Crippen LogP contribution in [-0.2, 0) is 6.42 Å². The summed E-state index contributed by atoms with van der Waals surface area (Å²) in [5.41, 5.74) is 11.9. The zero-order chi connectivity index (χ0) is 9.84. The predicted molar refractivity (Wildman–Crippen MR) is 55.4 cm³/mol. The summed E-state index contributed by atoms with van der Waals surface area (Å²) in [7, 11) is 0. The van der Waals surface area contributed by atoms with Crippen molar-refractivity contribution < 1.29 is 4.79 Å². The third kappa shape index (κ3) is 2.83. The van der Waals surface area contributed by atoms with Crippen molar-refractivity contribution in [2.24, 2.45) is 11.5 Å². The highest BCUT2D eigenvalue weighted by molar-refractivity contribution is 7.80. The average molecular weight is 194 g/mol. The van der Waals surface area contributed by atoms with Gasteiger partial charge < -0.3 is 11.5 Å². The van der Waals surface area contributed by atoms with Crippen molar-refractivity contribution in [3.8, 4) is 0 Å². The van der Waals surface area contributed by atoms with Gasteiger partial charge in [0.15, 0.2) is 0 Å². The number of hydrogen-bond acceptors (Lipinski definition) is 2. The van der Waals surface area contributed by atoms with Crippen LogP contribution in [0.3, 0.4) is 0 Å². The molecule has 0 aromatic heterocycles. The lowest BCUT2D eigenvalue weighted by molar-refractivity contribution is 0.1000. The number of benzene rings is 1. The second-order valence-electron chi connectivity index (χ2n) is 2.71. The van der Waals surface area contributed by atoms with Crippen molar-refractivity contribution in [3.05, 3.63) is 35.4 Å². The number of rotatable bonds is 3. The molecule has 0 saturated heterocycles. The van der Waals surface area contributed by atoms with E-state index in [0.717, 1.165) is 5.56 Å². The molecule has 0 spiro atoms. The summed E-state index contributed by atoms with van der Waals surface area (Å²) in [6.07, 6.45) is 0.496. The maximum absolute atomic E-state index is 10.8. The first-order valence-electron chi connectivity index (χ1n) is 3.76. The fourth-order valence-electron chi connectivity index (χ4n) is 1.04. The van der Waals surface area contributed by atoms with Crippen LogP contribution in [0.1, 0.15) is 15.9 Å². The lowest BCUT2D eigenvalue weighted by Gasteiger charge is -2.00. The van der Waals surface area contributed by atoms with Crippen molar-refractivity contribution in [1.82, 2.24) is 0 Å². The number of carbonyl (C=O) groups excluding carboxylic acids is 1. The number of nitrogens with two attached hydrogens (primary N) is 2. The SMILES string of the molecule is NC(=O)c1cccc(CC(N)=S)c1. The molecule has 0 heterocycles. The molecule has 0 aliphatic carbocycles.